The summed E-state index contributed by atoms with van der Waals surface area (Å²) >= 11 is 0. The van der Waals surface area contributed by atoms with E-state index in [9.17, 15) is 10.2 Å². The molecule has 0 aromatic heterocycles. The molecule has 0 bridgehead atoms. The molecule has 0 aliphatic carbocycles. The Hall–Kier alpha value is -1.10. The lowest BCUT2D eigenvalue weighted by Gasteiger charge is -2.34. The fourth-order valence-electron chi connectivity index (χ4n) is 1.34. The van der Waals surface area contributed by atoms with Crippen LogP contribution in [0, 0.1) is 0 Å². The molecule has 0 radical (unpaired) electrons. The van der Waals surface area contributed by atoms with Crippen LogP contribution in [0.3, 0.4) is 0 Å². The van der Waals surface area contributed by atoms with E-state index < -0.39 is 12.6 Å². The number of nitrogens with zero attached hydrogens (tertiary/aromatic N) is 1. The minimum Gasteiger partial charge on any atom is -0.451 e. The van der Waals surface area contributed by atoms with Gasteiger partial charge in [0.05, 0.1) is 0 Å². The maximum Gasteiger partial charge on any atom is 0.261 e. The van der Waals surface area contributed by atoms with Gasteiger partial charge in [-0.25, -0.2) is 4.90 Å². The average Bonchev–Trinajstić information content (AvgIpc) is 2.15. The van der Waals surface area contributed by atoms with Gasteiger partial charge in [-0.1, -0.05) is 18.2 Å². The fourth-order valence-corrected chi connectivity index (χ4v) is 1.34. The molecule has 0 unspecified atom stereocenters. The number of rotatable bonds is 0. The van der Waals surface area contributed by atoms with E-state index in [1.165, 1.54) is 4.90 Å². The molecule has 0 saturated carbocycles. The predicted octanol–water partition coefficient (Wildman–Crippen LogP) is 0.278. The minimum atomic E-state index is -1.08. The van der Waals surface area contributed by atoms with Crippen molar-refractivity contribution in [1.29, 1.82) is 0 Å². The molecule has 1 aromatic carbocycles. The van der Waals surface area contributed by atoms with Gasteiger partial charge in [0.1, 0.15) is 12.0 Å². The highest BCUT2D eigenvalue weighted by Crippen LogP contribution is 2.32. The maximum atomic E-state index is 9.69. The van der Waals surface area contributed by atoms with Crippen molar-refractivity contribution in [1.82, 2.24) is 4.90 Å². The predicted molar refractivity (Wildman–Crippen MR) is 45.8 cm³/mol. The van der Waals surface area contributed by atoms with Crippen LogP contribution in [-0.4, -0.2) is 28.6 Å². The Morgan fingerprint density at radius 1 is 1.31 bits per heavy atom. The zero-order valence-electron chi connectivity index (χ0n) is 7.21. The summed E-state index contributed by atoms with van der Waals surface area (Å²) in [5, 5.41) is 19.0. The first kappa shape index (κ1) is 8.50. The quantitative estimate of drug-likeness (QED) is 0.603. The molecule has 1 aliphatic heterocycles. The van der Waals surface area contributed by atoms with Crippen LogP contribution in [0.4, 0.5) is 0 Å². The van der Waals surface area contributed by atoms with Crippen molar-refractivity contribution in [3.8, 4) is 5.75 Å². The largest absolute Gasteiger partial charge is 0.451 e. The van der Waals surface area contributed by atoms with Crippen molar-refractivity contribution >= 4 is 0 Å². The molecule has 4 heteroatoms. The highest BCUT2D eigenvalue weighted by atomic mass is 16.6. The summed E-state index contributed by atoms with van der Waals surface area (Å²) in [6, 6.07) is 7.09. The van der Waals surface area contributed by atoms with Gasteiger partial charge in [-0.15, -0.1) is 0 Å². The Balaban J connectivity index is 2.43. The van der Waals surface area contributed by atoms with Crippen molar-refractivity contribution in [3.63, 3.8) is 0 Å². The Morgan fingerprint density at radius 3 is 2.77 bits per heavy atom. The molecule has 13 heavy (non-hydrogen) atoms. The smallest absolute Gasteiger partial charge is 0.261 e. The van der Waals surface area contributed by atoms with Crippen LogP contribution in [0.25, 0.3) is 0 Å². The van der Waals surface area contributed by atoms with Gasteiger partial charge in [0.2, 0.25) is 0 Å². The van der Waals surface area contributed by atoms with Gasteiger partial charge in [0.15, 0.2) is 0 Å². The molecule has 2 N–H and O–H groups in total. The topological polar surface area (TPSA) is 52.9 Å². The monoisotopic (exact) mass is 181 g/mol. The lowest BCUT2D eigenvalue weighted by molar-refractivity contribution is -0.197. The summed E-state index contributed by atoms with van der Waals surface area (Å²) in [6.07, 6.45) is -1.88. The van der Waals surface area contributed by atoms with Gasteiger partial charge in [-0.05, 0) is 13.1 Å². The van der Waals surface area contributed by atoms with E-state index in [1.807, 2.05) is 6.07 Å². The lowest BCUT2D eigenvalue weighted by Crippen LogP contribution is -2.42. The van der Waals surface area contributed by atoms with Crippen LogP contribution in [-0.2, 0) is 0 Å². The standard InChI is InChI=1S/C9H11NO3/c1-10-8(11)6-4-2-3-5-7(6)13-9(10)12/h2-5,8-9,11-12H,1H3/t8-,9-/m1/s1. The average molecular weight is 181 g/mol. The molecule has 2 rings (SSSR count). The van der Waals surface area contributed by atoms with Crippen LogP contribution in [0.2, 0.25) is 0 Å². The Labute approximate surface area is 76.0 Å². The molecular weight excluding hydrogens is 170 g/mol. The van der Waals surface area contributed by atoms with Crippen LogP contribution < -0.4 is 4.74 Å². The van der Waals surface area contributed by atoms with Crippen LogP contribution in [0.5, 0.6) is 5.75 Å². The third-order valence-corrected chi connectivity index (χ3v) is 2.16. The molecule has 0 amide bonds. The van der Waals surface area contributed by atoms with E-state index in [1.54, 1.807) is 25.2 Å². The number of aliphatic hydroxyl groups is 2. The lowest BCUT2D eigenvalue weighted by atomic mass is 10.1. The Bertz CT molecular complexity index is 315. The zero-order valence-corrected chi connectivity index (χ0v) is 7.21. The summed E-state index contributed by atoms with van der Waals surface area (Å²) in [5.74, 6) is 0.528. The van der Waals surface area contributed by atoms with Crippen molar-refractivity contribution in [2.75, 3.05) is 7.05 Å². The SMILES string of the molecule is CN1[C@H](O)Oc2ccccc2[C@H]1O. The van der Waals surface area contributed by atoms with Gasteiger partial charge in [-0.2, -0.15) is 0 Å². The summed E-state index contributed by atoms with van der Waals surface area (Å²) in [4.78, 5) is 1.34. The van der Waals surface area contributed by atoms with E-state index in [0.717, 1.165) is 0 Å². The highest BCUT2D eigenvalue weighted by molar-refractivity contribution is 5.36. The molecular formula is C9H11NO3. The van der Waals surface area contributed by atoms with Gasteiger partial charge >= 0.3 is 0 Å². The first-order valence-corrected chi connectivity index (χ1v) is 4.04. The highest BCUT2D eigenvalue weighted by Gasteiger charge is 2.29. The summed E-state index contributed by atoms with van der Waals surface area (Å²) in [6.45, 7) is 0. The van der Waals surface area contributed by atoms with E-state index in [0.29, 0.717) is 11.3 Å². The first-order valence-electron chi connectivity index (χ1n) is 4.04. The second kappa shape index (κ2) is 2.99. The number of fused-ring (bicyclic) bond motifs is 1. The molecule has 0 fully saturated rings. The van der Waals surface area contributed by atoms with Crippen LogP contribution >= 0.6 is 0 Å². The maximum absolute atomic E-state index is 9.69. The molecule has 0 saturated heterocycles. The third kappa shape index (κ3) is 1.29. The second-order valence-corrected chi connectivity index (χ2v) is 3.02. The van der Waals surface area contributed by atoms with E-state index >= 15 is 0 Å². The van der Waals surface area contributed by atoms with Crippen molar-refractivity contribution in [2.24, 2.45) is 0 Å². The number of hydrogen-bond donors (Lipinski definition) is 2. The number of aliphatic hydroxyl groups excluding tert-OH is 2. The molecule has 1 heterocycles. The van der Waals surface area contributed by atoms with Crippen LogP contribution in [0.15, 0.2) is 24.3 Å². The van der Waals surface area contributed by atoms with E-state index in [-0.39, 0.29) is 0 Å². The van der Waals surface area contributed by atoms with Crippen molar-refractivity contribution in [3.05, 3.63) is 29.8 Å². The van der Waals surface area contributed by atoms with Gasteiger partial charge in [-0.3, -0.25) is 0 Å². The zero-order chi connectivity index (χ0) is 9.42. The van der Waals surface area contributed by atoms with Crippen LogP contribution in [0.1, 0.15) is 11.8 Å². The Kier molecular flexibility index (Phi) is 1.95. The number of ether oxygens (including phenoxy) is 1. The Morgan fingerprint density at radius 2 is 2.00 bits per heavy atom. The van der Waals surface area contributed by atoms with Gasteiger partial charge in [0.25, 0.3) is 6.41 Å². The van der Waals surface area contributed by atoms with E-state index in [4.69, 9.17) is 4.74 Å². The fraction of sp³-hybridized carbons (Fsp3) is 0.333. The molecule has 2 atom stereocenters. The summed E-state index contributed by atoms with van der Waals surface area (Å²) in [7, 11) is 1.59. The van der Waals surface area contributed by atoms with Gasteiger partial charge in [0, 0.05) is 5.56 Å². The first-order chi connectivity index (χ1) is 6.20. The van der Waals surface area contributed by atoms with E-state index in [2.05, 4.69) is 0 Å². The summed E-state index contributed by atoms with van der Waals surface area (Å²) < 4.78 is 5.14. The number of para-hydroxylation sites is 1. The summed E-state index contributed by atoms with van der Waals surface area (Å²) in [5.41, 5.74) is 0.676. The van der Waals surface area contributed by atoms with Crippen molar-refractivity contribution < 1.29 is 14.9 Å². The molecule has 4 nitrogen and oxygen atoms in total. The van der Waals surface area contributed by atoms with Gasteiger partial charge < -0.3 is 14.9 Å². The molecule has 1 aromatic rings. The molecule has 1 aliphatic rings. The number of hydrogen-bond acceptors (Lipinski definition) is 4. The number of benzene rings is 1. The molecule has 70 valence electrons. The third-order valence-electron chi connectivity index (χ3n) is 2.16. The minimum absolute atomic E-state index is 0.528. The molecule has 0 spiro atoms. The normalized spacial score (nSPS) is 27.9. The van der Waals surface area contributed by atoms with Crippen molar-refractivity contribution in [2.45, 2.75) is 12.6 Å². The second-order valence-electron chi connectivity index (χ2n) is 3.02.